The van der Waals surface area contributed by atoms with Gasteiger partial charge in [-0.25, -0.2) is 0 Å². The maximum Gasteiger partial charge on any atom is -0.00434 e. The second-order valence-electron chi connectivity index (χ2n) is 6.94. The molecule has 0 bridgehead atoms. The highest BCUT2D eigenvalue weighted by Gasteiger charge is 1.95. The number of rotatable bonds is 15. The minimum atomic E-state index is 0.644. The molecule has 1 heteroatoms. The quantitative estimate of drug-likeness (QED) is 0.177. The van der Waals surface area contributed by atoms with Crippen LogP contribution in [0.3, 0.4) is 0 Å². The molecule has 0 amide bonds. The van der Waals surface area contributed by atoms with E-state index in [-0.39, 0.29) is 0 Å². The van der Waals surface area contributed by atoms with Crippen molar-refractivity contribution in [3.8, 4) is 0 Å². The molecular weight excluding hydrogens is 314 g/mol. The van der Waals surface area contributed by atoms with Crippen molar-refractivity contribution in [2.24, 2.45) is 5.92 Å². The summed E-state index contributed by atoms with van der Waals surface area (Å²) in [5.41, 5.74) is 0. The number of allylic oxidation sites excluding steroid dienone is 8. The molecule has 0 aromatic rings. The van der Waals surface area contributed by atoms with E-state index in [1.54, 1.807) is 0 Å². The fourth-order valence-corrected chi connectivity index (χ4v) is 2.26. The third-order valence-corrected chi connectivity index (χ3v) is 3.79. The van der Waals surface area contributed by atoms with Gasteiger partial charge in [0.25, 0.3) is 0 Å². The maximum atomic E-state index is 3.55. The molecule has 0 saturated carbocycles. The van der Waals surface area contributed by atoms with Crippen molar-refractivity contribution in [3.05, 3.63) is 48.6 Å². The zero-order valence-corrected chi connectivity index (χ0v) is 18.5. The molecule has 0 aliphatic rings. The number of hydrogen-bond acceptors (Lipinski definition) is 1. The summed E-state index contributed by atoms with van der Waals surface area (Å²) in [7, 11) is 0. The molecule has 26 heavy (non-hydrogen) atoms. The zero-order chi connectivity index (χ0) is 19.7. The van der Waals surface area contributed by atoms with Gasteiger partial charge in [0.1, 0.15) is 0 Å². The van der Waals surface area contributed by atoms with Gasteiger partial charge in [-0.05, 0) is 51.1 Å². The van der Waals surface area contributed by atoms with E-state index >= 15 is 0 Å². The predicted octanol–water partition coefficient (Wildman–Crippen LogP) is 8.01. The van der Waals surface area contributed by atoms with Crippen LogP contribution in [0.4, 0.5) is 0 Å². The van der Waals surface area contributed by atoms with Crippen molar-refractivity contribution in [1.29, 1.82) is 0 Å². The van der Waals surface area contributed by atoms with Gasteiger partial charge >= 0.3 is 0 Å². The fourth-order valence-electron chi connectivity index (χ4n) is 2.26. The van der Waals surface area contributed by atoms with Crippen LogP contribution in [0.15, 0.2) is 48.6 Å². The van der Waals surface area contributed by atoms with Crippen LogP contribution >= 0.6 is 0 Å². The second-order valence-corrected chi connectivity index (χ2v) is 6.94. The van der Waals surface area contributed by atoms with Gasteiger partial charge in [0.05, 0.1) is 0 Å². The van der Waals surface area contributed by atoms with Gasteiger partial charge in [0.2, 0.25) is 0 Å². The molecule has 152 valence electrons. The van der Waals surface area contributed by atoms with Crippen LogP contribution in [0.25, 0.3) is 0 Å². The summed E-state index contributed by atoms with van der Waals surface area (Å²) in [6.07, 6.45) is 28.9. The lowest BCUT2D eigenvalue weighted by Gasteiger charge is -2.07. The third kappa shape index (κ3) is 27.8. The molecule has 0 spiro atoms. The van der Waals surface area contributed by atoms with Crippen molar-refractivity contribution < 1.29 is 0 Å². The molecular formula is C25H47N. The van der Waals surface area contributed by atoms with Crippen LogP contribution in [-0.4, -0.2) is 13.1 Å². The van der Waals surface area contributed by atoms with Gasteiger partial charge in [-0.3, -0.25) is 0 Å². The average molecular weight is 362 g/mol. The Kier molecular flexibility index (Phi) is 27.3. The van der Waals surface area contributed by atoms with Crippen LogP contribution in [0.5, 0.6) is 0 Å². The van der Waals surface area contributed by atoms with Crippen LogP contribution in [-0.2, 0) is 0 Å². The Balaban J connectivity index is 0. The highest BCUT2D eigenvalue weighted by Crippen LogP contribution is 2.03. The summed E-state index contributed by atoms with van der Waals surface area (Å²) in [6, 6.07) is 0. The molecule has 1 unspecified atom stereocenters. The lowest BCUT2D eigenvalue weighted by molar-refractivity contribution is 0.549. The Hall–Kier alpha value is -1.08. The van der Waals surface area contributed by atoms with Gasteiger partial charge in [-0.15, -0.1) is 0 Å². The molecule has 0 aliphatic carbocycles. The summed E-state index contributed by atoms with van der Waals surface area (Å²) >= 11 is 0. The lowest BCUT2D eigenvalue weighted by atomic mass is 10.1. The van der Waals surface area contributed by atoms with Gasteiger partial charge in [0.15, 0.2) is 0 Å². The molecule has 1 nitrogen and oxygen atoms in total. The molecule has 0 aliphatic heterocycles. The summed E-state index contributed by atoms with van der Waals surface area (Å²) < 4.78 is 0. The third-order valence-electron chi connectivity index (χ3n) is 3.79. The highest BCUT2D eigenvalue weighted by atomic mass is 14.8. The van der Waals surface area contributed by atoms with E-state index in [1.807, 2.05) is 0 Å². The van der Waals surface area contributed by atoms with Crippen molar-refractivity contribution in [2.45, 2.75) is 92.4 Å². The molecule has 1 N–H and O–H groups in total. The first-order valence-corrected chi connectivity index (χ1v) is 11.1. The molecule has 0 saturated heterocycles. The average Bonchev–Trinajstić information content (AvgIpc) is 2.63. The Morgan fingerprint density at radius 1 is 0.731 bits per heavy atom. The van der Waals surface area contributed by atoms with Gasteiger partial charge < -0.3 is 5.32 Å². The first-order valence-electron chi connectivity index (χ1n) is 11.1. The largest absolute Gasteiger partial charge is 0.317 e. The van der Waals surface area contributed by atoms with Gasteiger partial charge in [-0.2, -0.15) is 0 Å². The lowest BCUT2D eigenvalue weighted by Crippen LogP contribution is -2.18. The van der Waals surface area contributed by atoms with Crippen LogP contribution < -0.4 is 5.32 Å². The van der Waals surface area contributed by atoms with Crippen LogP contribution in [0, 0.1) is 5.92 Å². The van der Waals surface area contributed by atoms with E-state index in [9.17, 15) is 0 Å². The standard InChI is InChI=1S/C22H39N.C3H8/c1-4-6-8-10-11-12-13-14-15-16-18-22(3)19-21-23-20-17-9-7-5-2;1-3-2/h6,8,12-16,18,22-23H,4-5,7,9-11,17,19-21H2,1-3H3;3H2,1-2H3/b8-6-,13-12+,15-14-,18-16+;. The van der Waals surface area contributed by atoms with Crippen molar-refractivity contribution in [2.75, 3.05) is 13.1 Å². The van der Waals surface area contributed by atoms with Crippen LogP contribution in [0.2, 0.25) is 0 Å². The molecule has 0 heterocycles. The maximum absolute atomic E-state index is 3.55. The first-order chi connectivity index (χ1) is 12.7. The monoisotopic (exact) mass is 361 g/mol. The van der Waals surface area contributed by atoms with E-state index in [0.717, 1.165) is 25.8 Å². The highest BCUT2D eigenvalue weighted by molar-refractivity contribution is 5.11. The number of unbranched alkanes of at least 4 members (excludes halogenated alkanes) is 4. The molecule has 1 atom stereocenters. The summed E-state index contributed by atoms with van der Waals surface area (Å²) in [6.45, 7) is 13.3. The molecule has 0 aromatic heterocycles. The fraction of sp³-hybridized carbons (Fsp3) is 0.680. The summed E-state index contributed by atoms with van der Waals surface area (Å²) in [4.78, 5) is 0. The molecule has 0 rings (SSSR count). The van der Waals surface area contributed by atoms with Crippen molar-refractivity contribution in [3.63, 3.8) is 0 Å². The van der Waals surface area contributed by atoms with E-state index in [1.165, 1.54) is 45.1 Å². The number of hydrogen-bond donors (Lipinski definition) is 1. The SMILES string of the molecule is CC/C=C\CC/C=C/C=C\C=C\C(C)CCNCCCCCC.CCC. The van der Waals surface area contributed by atoms with E-state index in [0.29, 0.717) is 5.92 Å². The Bertz CT molecular complexity index is 349. The summed E-state index contributed by atoms with van der Waals surface area (Å²) in [5.74, 6) is 0.644. The predicted molar refractivity (Wildman–Crippen MR) is 123 cm³/mol. The smallest absolute Gasteiger partial charge is 0.00434 e. The molecule has 0 radical (unpaired) electrons. The Labute approximate surface area is 165 Å². The van der Waals surface area contributed by atoms with Crippen molar-refractivity contribution in [1.82, 2.24) is 5.32 Å². The first kappa shape index (κ1) is 27.1. The van der Waals surface area contributed by atoms with Gasteiger partial charge in [-0.1, -0.05) is 109 Å². The zero-order valence-electron chi connectivity index (χ0n) is 18.5. The molecule has 0 fully saturated rings. The number of nitrogens with one attached hydrogen (secondary N) is 1. The Morgan fingerprint density at radius 2 is 1.42 bits per heavy atom. The van der Waals surface area contributed by atoms with Crippen molar-refractivity contribution >= 4 is 0 Å². The minimum absolute atomic E-state index is 0.644. The van der Waals surface area contributed by atoms with Gasteiger partial charge in [0, 0.05) is 0 Å². The normalized spacial score (nSPS) is 13.1. The minimum Gasteiger partial charge on any atom is -0.317 e. The second kappa shape index (κ2) is 26.2. The van der Waals surface area contributed by atoms with E-state index < -0.39 is 0 Å². The van der Waals surface area contributed by atoms with E-state index in [4.69, 9.17) is 0 Å². The topological polar surface area (TPSA) is 12.0 Å². The Morgan fingerprint density at radius 3 is 2.12 bits per heavy atom. The van der Waals surface area contributed by atoms with E-state index in [2.05, 4.69) is 88.5 Å². The molecule has 0 aromatic carbocycles. The summed E-state index contributed by atoms with van der Waals surface area (Å²) in [5, 5.41) is 3.55. The van der Waals surface area contributed by atoms with Crippen LogP contribution in [0.1, 0.15) is 92.4 Å².